The number of unbranched alkanes of at least 4 members (excludes halogenated alkanes) is 1. The number of nitriles is 1. The zero-order chi connectivity index (χ0) is 12.5. The first-order chi connectivity index (χ1) is 8.27. The molecule has 0 spiro atoms. The van der Waals surface area contributed by atoms with E-state index in [0.29, 0.717) is 6.54 Å². The number of rotatable bonds is 6. The maximum atomic E-state index is 11.6. The zero-order valence-electron chi connectivity index (χ0n) is 10.1. The van der Waals surface area contributed by atoms with Gasteiger partial charge in [-0.2, -0.15) is 5.26 Å². The first kappa shape index (κ1) is 13.2. The molecule has 90 valence electrons. The Kier molecular flexibility index (Phi) is 5.81. The minimum Gasteiger partial charge on any atom is -0.356 e. The summed E-state index contributed by atoms with van der Waals surface area (Å²) in [5.41, 5.74) is 0.903. The van der Waals surface area contributed by atoms with Gasteiger partial charge in [-0.25, -0.2) is 0 Å². The molecule has 0 aromatic heterocycles. The van der Waals surface area contributed by atoms with Crippen LogP contribution in [-0.2, 0) is 4.79 Å². The number of benzene rings is 1. The molecule has 0 saturated carbocycles. The van der Waals surface area contributed by atoms with Crippen molar-refractivity contribution in [1.82, 2.24) is 5.32 Å². The van der Waals surface area contributed by atoms with E-state index in [-0.39, 0.29) is 18.2 Å². The number of amides is 1. The summed E-state index contributed by atoms with van der Waals surface area (Å²) in [5, 5.41) is 11.9. The summed E-state index contributed by atoms with van der Waals surface area (Å²) in [6.45, 7) is 2.77. The first-order valence-electron chi connectivity index (χ1n) is 5.99. The lowest BCUT2D eigenvalue weighted by atomic mass is 9.97. The van der Waals surface area contributed by atoms with Crippen molar-refractivity contribution in [3.8, 4) is 6.07 Å². The Labute approximate surface area is 102 Å². The van der Waals surface area contributed by atoms with E-state index in [0.717, 1.165) is 18.4 Å². The van der Waals surface area contributed by atoms with Gasteiger partial charge >= 0.3 is 0 Å². The van der Waals surface area contributed by atoms with Gasteiger partial charge in [0, 0.05) is 13.0 Å². The second kappa shape index (κ2) is 7.45. The van der Waals surface area contributed by atoms with Crippen LogP contribution in [0.15, 0.2) is 30.3 Å². The molecule has 0 heterocycles. The van der Waals surface area contributed by atoms with E-state index in [1.54, 1.807) is 0 Å². The summed E-state index contributed by atoms with van der Waals surface area (Å²) in [7, 11) is 0. The van der Waals surface area contributed by atoms with Crippen molar-refractivity contribution in [1.29, 1.82) is 5.26 Å². The number of hydrogen-bond donors (Lipinski definition) is 1. The number of carbonyl (C=O) groups is 1. The van der Waals surface area contributed by atoms with Crippen molar-refractivity contribution in [2.75, 3.05) is 6.54 Å². The van der Waals surface area contributed by atoms with Crippen molar-refractivity contribution >= 4 is 5.91 Å². The van der Waals surface area contributed by atoms with Crippen molar-refractivity contribution in [2.24, 2.45) is 0 Å². The molecule has 0 aliphatic rings. The van der Waals surface area contributed by atoms with Gasteiger partial charge in [0.1, 0.15) is 0 Å². The lowest BCUT2D eigenvalue weighted by Gasteiger charge is -2.09. The van der Waals surface area contributed by atoms with Crippen molar-refractivity contribution in [3.05, 3.63) is 35.9 Å². The predicted molar refractivity (Wildman–Crippen MR) is 67.3 cm³/mol. The van der Waals surface area contributed by atoms with Gasteiger partial charge in [-0.15, -0.1) is 0 Å². The maximum absolute atomic E-state index is 11.6. The van der Waals surface area contributed by atoms with Crippen molar-refractivity contribution in [3.63, 3.8) is 0 Å². The molecule has 1 aromatic carbocycles. The van der Waals surface area contributed by atoms with Gasteiger partial charge in [-0.05, 0) is 12.0 Å². The molecule has 1 amide bonds. The van der Waals surface area contributed by atoms with E-state index in [2.05, 4.69) is 18.3 Å². The number of nitrogens with zero attached hydrogens (tertiary/aromatic N) is 1. The van der Waals surface area contributed by atoms with Gasteiger partial charge in [0.2, 0.25) is 5.91 Å². The van der Waals surface area contributed by atoms with Crippen LogP contribution in [0, 0.1) is 11.3 Å². The lowest BCUT2D eigenvalue weighted by molar-refractivity contribution is -0.121. The maximum Gasteiger partial charge on any atom is 0.221 e. The molecule has 1 rings (SSSR count). The highest BCUT2D eigenvalue weighted by molar-refractivity contribution is 5.77. The fourth-order valence-electron chi connectivity index (χ4n) is 1.59. The molecule has 3 heteroatoms. The van der Waals surface area contributed by atoms with Gasteiger partial charge in [0.25, 0.3) is 0 Å². The molecule has 0 saturated heterocycles. The number of nitrogens with one attached hydrogen (secondary N) is 1. The van der Waals surface area contributed by atoms with E-state index < -0.39 is 0 Å². The quantitative estimate of drug-likeness (QED) is 0.764. The molecule has 0 aliphatic carbocycles. The summed E-state index contributed by atoms with van der Waals surface area (Å²) in [4.78, 5) is 11.6. The first-order valence-corrected chi connectivity index (χ1v) is 5.99. The SMILES string of the molecule is CCCCNC(=O)CC(C#N)c1ccccc1. The summed E-state index contributed by atoms with van der Waals surface area (Å²) >= 11 is 0. The zero-order valence-corrected chi connectivity index (χ0v) is 10.1. The third-order valence-electron chi connectivity index (χ3n) is 2.60. The fraction of sp³-hybridized carbons (Fsp3) is 0.429. The normalized spacial score (nSPS) is 11.5. The van der Waals surface area contributed by atoms with E-state index in [1.807, 2.05) is 30.3 Å². The third kappa shape index (κ3) is 4.69. The molecule has 1 atom stereocenters. The third-order valence-corrected chi connectivity index (χ3v) is 2.60. The van der Waals surface area contributed by atoms with Crippen molar-refractivity contribution < 1.29 is 4.79 Å². The highest BCUT2D eigenvalue weighted by Crippen LogP contribution is 2.17. The molecule has 1 aromatic rings. The van der Waals surface area contributed by atoms with Crippen LogP contribution in [0.2, 0.25) is 0 Å². The van der Waals surface area contributed by atoms with Gasteiger partial charge in [-0.1, -0.05) is 43.7 Å². The summed E-state index contributed by atoms with van der Waals surface area (Å²) in [5.74, 6) is -0.397. The standard InChI is InChI=1S/C14H18N2O/c1-2-3-9-16-14(17)10-13(11-15)12-7-5-4-6-8-12/h4-8,13H,2-3,9-10H2,1H3,(H,16,17). The molecule has 1 unspecified atom stereocenters. The molecule has 0 fully saturated rings. The van der Waals surface area contributed by atoms with Gasteiger partial charge in [0.15, 0.2) is 0 Å². The fourth-order valence-corrected chi connectivity index (χ4v) is 1.59. The smallest absolute Gasteiger partial charge is 0.221 e. The number of hydrogen-bond acceptors (Lipinski definition) is 2. The van der Waals surface area contributed by atoms with Gasteiger partial charge < -0.3 is 5.32 Å². The molecule has 3 nitrogen and oxygen atoms in total. The summed E-state index contributed by atoms with van der Waals surface area (Å²) < 4.78 is 0. The topological polar surface area (TPSA) is 52.9 Å². The van der Waals surface area contributed by atoms with E-state index in [1.165, 1.54) is 0 Å². The van der Waals surface area contributed by atoms with E-state index in [4.69, 9.17) is 5.26 Å². The van der Waals surface area contributed by atoms with Crippen LogP contribution < -0.4 is 5.32 Å². The van der Waals surface area contributed by atoms with Crippen LogP contribution in [0.5, 0.6) is 0 Å². The van der Waals surface area contributed by atoms with E-state index >= 15 is 0 Å². The van der Waals surface area contributed by atoms with Crippen LogP contribution in [-0.4, -0.2) is 12.5 Å². The average molecular weight is 230 g/mol. The second-order valence-corrected chi connectivity index (χ2v) is 4.00. The average Bonchev–Trinajstić information content (AvgIpc) is 2.37. The predicted octanol–water partition coefficient (Wildman–Crippen LogP) is 2.60. The van der Waals surface area contributed by atoms with Crippen LogP contribution in [0.3, 0.4) is 0 Å². The van der Waals surface area contributed by atoms with Gasteiger partial charge in [-0.3, -0.25) is 4.79 Å². The minimum absolute atomic E-state index is 0.0474. The lowest BCUT2D eigenvalue weighted by Crippen LogP contribution is -2.25. The minimum atomic E-state index is -0.349. The largest absolute Gasteiger partial charge is 0.356 e. The van der Waals surface area contributed by atoms with Crippen LogP contribution in [0.4, 0.5) is 0 Å². The Balaban J connectivity index is 2.48. The molecule has 0 bridgehead atoms. The Bertz CT molecular complexity index is 381. The molecule has 17 heavy (non-hydrogen) atoms. The van der Waals surface area contributed by atoms with Crippen LogP contribution in [0.1, 0.15) is 37.7 Å². The van der Waals surface area contributed by atoms with Gasteiger partial charge in [0.05, 0.1) is 12.0 Å². The molecule has 0 aliphatic heterocycles. The molecule has 1 N–H and O–H groups in total. The Hall–Kier alpha value is -1.82. The Morgan fingerprint density at radius 1 is 1.41 bits per heavy atom. The summed E-state index contributed by atoms with van der Waals surface area (Å²) in [6.07, 6.45) is 2.28. The monoisotopic (exact) mass is 230 g/mol. The van der Waals surface area contributed by atoms with Crippen LogP contribution in [0.25, 0.3) is 0 Å². The Morgan fingerprint density at radius 3 is 2.71 bits per heavy atom. The second-order valence-electron chi connectivity index (χ2n) is 4.00. The van der Waals surface area contributed by atoms with Crippen LogP contribution >= 0.6 is 0 Å². The molecular formula is C14H18N2O. The molecular weight excluding hydrogens is 212 g/mol. The number of carbonyl (C=O) groups excluding carboxylic acids is 1. The van der Waals surface area contributed by atoms with Crippen molar-refractivity contribution in [2.45, 2.75) is 32.1 Å². The highest BCUT2D eigenvalue weighted by atomic mass is 16.1. The Morgan fingerprint density at radius 2 is 2.12 bits per heavy atom. The summed E-state index contributed by atoms with van der Waals surface area (Å²) in [6, 6.07) is 11.6. The molecule has 0 radical (unpaired) electrons. The van der Waals surface area contributed by atoms with E-state index in [9.17, 15) is 4.79 Å². The highest BCUT2D eigenvalue weighted by Gasteiger charge is 2.14.